The monoisotopic (exact) mass is 339 g/mol. The van der Waals surface area contributed by atoms with Crippen molar-refractivity contribution in [3.05, 3.63) is 54.6 Å². The van der Waals surface area contributed by atoms with E-state index in [2.05, 4.69) is 27.0 Å². The molecule has 2 aliphatic rings. The van der Waals surface area contributed by atoms with Gasteiger partial charge in [-0.2, -0.15) is 0 Å². The van der Waals surface area contributed by atoms with Crippen molar-refractivity contribution in [3.63, 3.8) is 0 Å². The van der Waals surface area contributed by atoms with Gasteiger partial charge in [-0.15, -0.1) is 0 Å². The predicted molar refractivity (Wildman–Crippen MR) is 95.3 cm³/mol. The predicted octanol–water partition coefficient (Wildman–Crippen LogP) is 2.93. The van der Waals surface area contributed by atoms with E-state index >= 15 is 0 Å². The van der Waals surface area contributed by atoms with Crippen LogP contribution in [0.15, 0.2) is 49.1 Å². The van der Waals surface area contributed by atoms with Gasteiger partial charge in [-0.25, -0.2) is 0 Å². The highest BCUT2D eigenvalue weighted by molar-refractivity contribution is 5.16. The number of fused-ring (bicyclic) bond motifs is 1. The number of hydrogen-bond acceptors (Lipinski definition) is 5. The van der Waals surface area contributed by atoms with Crippen molar-refractivity contribution in [2.24, 2.45) is 5.41 Å². The number of ether oxygens (including phenoxy) is 2. The molecule has 0 N–H and O–H groups in total. The quantitative estimate of drug-likeness (QED) is 0.838. The van der Waals surface area contributed by atoms with Gasteiger partial charge in [0.2, 0.25) is 0 Å². The Balaban J connectivity index is 1.47. The number of nitrogens with zero attached hydrogens (tertiary/aromatic N) is 3. The van der Waals surface area contributed by atoms with Gasteiger partial charge in [0.05, 0.1) is 18.9 Å². The molecule has 132 valence electrons. The van der Waals surface area contributed by atoms with Crippen LogP contribution < -0.4 is 4.74 Å². The molecule has 2 atom stereocenters. The number of hydrogen-bond donors (Lipinski definition) is 0. The Bertz CT molecular complexity index is 667. The zero-order valence-electron chi connectivity index (χ0n) is 14.5. The highest BCUT2D eigenvalue weighted by Gasteiger charge is 2.46. The zero-order valence-corrected chi connectivity index (χ0v) is 14.5. The molecular formula is C20H25N3O2. The topological polar surface area (TPSA) is 47.5 Å². The Hall–Kier alpha value is -1.98. The summed E-state index contributed by atoms with van der Waals surface area (Å²) in [5, 5.41) is 0. The molecule has 2 aromatic rings. The van der Waals surface area contributed by atoms with Gasteiger partial charge < -0.3 is 9.47 Å². The molecule has 0 spiro atoms. The molecule has 0 aliphatic carbocycles. The summed E-state index contributed by atoms with van der Waals surface area (Å²) in [6.45, 7) is 4.62. The first-order chi connectivity index (χ1) is 12.3. The minimum absolute atomic E-state index is 0.0688. The summed E-state index contributed by atoms with van der Waals surface area (Å²) in [5.74, 6) is 0.840. The van der Waals surface area contributed by atoms with Crippen LogP contribution in [-0.4, -0.2) is 47.3 Å². The molecule has 2 fully saturated rings. The van der Waals surface area contributed by atoms with Crippen LogP contribution in [0, 0.1) is 5.41 Å². The third-order valence-corrected chi connectivity index (χ3v) is 5.38. The standard InChI is InChI=1S/C20H25N3O2/c1-3-18(13-22-8-1)25-16-20-7-2-12-24-19(20)6-11-23(15-20)14-17-4-9-21-10-5-17/h1,3-5,8-10,13,19H,2,6-7,11-12,14-16H2/t19-,20-/m1/s1. The van der Waals surface area contributed by atoms with E-state index in [1.54, 1.807) is 12.4 Å². The van der Waals surface area contributed by atoms with Crippen LogP contribution >= 0.6 is 0 Å². The van der Waals surface area contributed by atoms with Crippen LogP contribution in [0.1, 0.15) is 24.8 Å². The first kappa shape index (κ1) is 16.5. The summed E-state index contributed by atoms with van der Waals surface area (Å²) < 4.78 is 12.3. The summed E-state index contributed by atoms with van der Waals surface area (Å²) in [6.07, 6.45) is 10.9. The third-order valence-electron chi connectivity index (χ3n) is 5.38. The normalized spacial score (nSPS) is 26.8. The SMILES string of the molecule is c1cncc(OC[C@]23CCCO[C@@H]2CCN(Cc2ccncc2)C3)c1. The first-order valence-electron chi connectivity index (χ1n) is 9.10. The number of pyridine rings is 2. The summed E-state index contributed by atoms with van der Waals surface area (Å²) in [5.41, 5.74) is 1.38. The summed E-state index contributed by atoms with van der Waals surface area (Å²) in [4.78, 5) is 10.8. The fourth-order valence-electron chi connectivity index (χ4n) is 4.13. The van der Waals surface area contributed by atoms with Crippen LogP contribution in [0.4, 0.5) is 0 Å². The van der Waals surface area contributed by atoms with Gasteiger partial charge in [-0.1, -0.05) is 0 Å². The molecule has 5 heteroatoms. The summed E-state index contributed by atoms with van der Waals surface area (Å²) >= 11 is 0. The molecule has 0 bridgehead atoms. The Morgan fingerprint density at radius 1 is 1.20 bits per heavy atom. The van der Waals surface area contributed by atoms with Gasteiger partial charge in [-0.05, 0) is 49.1 Å². The molecule has 2 aliphatic heterocycles. The molecule has 4 heterocycles. The van der Waals surface area contributed by atoms with Crippen molar-refractivity contribution >= 4 is 0 Å². The van der Waals surface area contributed by atoms with Crippen LogP contribution in [-0.2, 0) is 11.3 Å². The molecule has 5 nitrogen and oxygen atoms in total. The van der Waals surface area contributed by atoms with E-state index in [4.69, 9.17) is 9.47 Å². The van der Waals surface area contributed by atoms with Gasteiger partial charge in [-0.3, -0.25) is 14.9 Å². The second-order valence-electron chi connectivity index (χ2n) is 7.16. The second kappa shape index (κ2) is 7.50. The van der Waals surface area contributed by atoms with Crippen LogP contribution in [0.2, 0.25) is 0 Å². The van der Waals surface area contributed by atoms with Crippen LogP contribution in [0.25, 0.3) is 0 Å². The largest absolute Gasteiger partial charge is 0.491 e. The molecule has 0 saturated carbocycles. The molecule has 0 radical (unpaired) electrons. The molecular weight excluding hydrogens is 314 g/mol. The lowest BCUT2D eigenvalue weighted by molar-refractivity contribution is -0.140. The number of rotatable bonds is 5. The molecule has 0 unspecified atom stereocenters. The van der Waals surface area contributed by atoms with Gasteiger partial charge in [0.1, 0.15) is 5.75 Å². The molecule has 0 aromatic carbocycles. The van der Waals surface area contributed by atoms with E-state index in [1.165, 1.54) is 5.56 Å². The Kier molecular flexibility index (Phi) is 4.95. The zero-order chi connectivity index (χ0) is 17.0. The number of likely N-dealkylation sites (tertiary alicyclic amines) is 1. The highest BCUT2D eigenvalue weighted by atomic mass is 16.5. The van der Waals surface area contributed by atoms with E-state index in [0.29, 0.717) is 12.7 Å². The minimum atomic E-state index is 0.0688. The highest BCUT2D eigenvalue weighted by Crippen LogP contribution is 2.41. The number of aromatic nitrogens is 2. The average Bonchev–Trinajstić information content (AvgIpc) is 2.68. The van der Waals surface area contributed by atoms with Gasteiger partial charge in [0.15, 0.2) is 0 Å². The maximum absolute atomic E-state index is 6.14. The van der Waals surface area contributed by atoms with E-state index in [9.17, 15) is 0 Å². The number of piperidine rings is 1. The smallest absolute Gasteiger partial charge is 0.137 e. The van der Waals surface area contributed by atoms with Gasteiger partial charge >= 0.3 is 0 Å². The van der Waals surface area contributed by atoms with E-state index < -0.39 is 0 Å². The molecule has 2 saturated heterocycles. The lowest BCUT2D eigenvalue weighted by Crippen LogP contribution is -2.57. The van der Waals surface area contributed by atoms with E-state index in [1.807, 2.05) is 24.5 Å². The van der Waals surface area contributed by atoms with Crippen LogP contribution in [0.3, 0.4) is 0 Å². The van der Waals surface area contributed by atoms with Gasteiger partial charge in [0.25, 0.3) is 0 Å². The second-order valence-corrected chi connectivity index (χ2v) is 7.16. The van der Waals surface area contributed by atoms with Crippen molar-refractivity contribution in [3.8, 4) is 5.75 Å². The molecule has 4 rings (SSSR count). The van der Waals surface area contributed by atoms with E-state index in [-0.39, 0.29) is 5.41 Å². The third kappa shape index (κ3) is 3.83. The fourth-order valence-corrected chi connectivity index (χ4v) is 4.13. The summed E-state index contributed by atoms with van der Waals surface area (Å²) in [6, 6.07) is 8.09. The van der Waals surface area contributed by atoms with E-state index in [0.717, 1.165) is 51.3 Å². The lowest BCUT2D eigenvalue weighted by Gasteiger charge is -2.50. The minimum Gasteiger partial charge on any atom is -0.491 e. The first-order valence-corrected chi connectivity index (χ1v) is 9.10. The van der Waals surface area contributed by atoms with Crippen LogP contribution in [0.5, 0.6) is 5.75 Å². The lowest BCUT2D eigenvalue weighted by atomic mass is 9.73. The molecule has 0 amide bonds. The van der Waals surface area contributed by atoms with Crippen molar-refractivity contribution in [2.75, 3.05) is 26.3 Å². The average molecular weight is 339 g/mol. The Morgan fingerprint density at radius 3 is 2.96 bits per heavy atom. The Labute approximate surface area is 149 Å². The maximum Gasteiger partial charge on any atom is 0.137 e. The van der Waals surface area contributed by atoms with Crippen molar-refractivity contribution < 1.29 is 9.47 Å². The van der Waals surface area contributed by atoms with Crippen molar-refractivity contribution in [1.82, 2.24) is 14.9 Å². The van der Waals surface area contributed by atoms with Crippen molar-refractivity contribution in [1.29, 1.82) is 0 Å². The van der Waals surface area contributed by atoms with Crippen molar-refractivity contribution in [2.45, 2.75) is 31.9 Å². The maximum atomic E-state index is 6.14. The fraction of sp³-hybridized carbons (Fsp3) is 0.500. The Morgan fingerprint density at radius 2 is 2.12 bits per heavy atom. The molecule has 25 heavy (non-hydrogen) atoms. The molecule has 2 aromatic heterocycles. The van der Waals surface area contributed by atoms with Gasteiger partial charge in [0, 0.05) is 50.2 Å². The summed E-state index contributed by atoms with van der Waals surface area (Å²) in [7, 11) is 0.